The third-order valence-corrected chi connectivity index (χ3v) is 4.09. The van der Waals surface area contributed by atoms with E-state index in [1.165, 1.54) is 29.2 Å². The van der Waals surface area contributed by atoms with Crippen LogP contribution in [0.2, 0.25) is 0 Å². The van der Waals surface area contributed by atoms with Crippen LogP contribution in [-0.2, 0) is 0 Å². The molecule has 0 aliphatic carbocycles. The molecule has 1 aliphatic rings. The van der Waals surface area contributed by atoms with Crippen LogP contribution in [0.15, 0.2) is 36.4 Å². The van der Waals surface area contributed by atoms with E-state index < -0.39 is 23.5 Å². The largest absolute Gasteiger partial charge is 0.365 e. The summed E-state index contributed by atoms with van der Waals surface area (Å²) in [6.45, 7) is 0.595. The maximum absolute atomic E-state index is 14.1. The topological polar surface area (TPSA) is 68.2 Å². The molecule has 0 bridgehead atoms. The van der Waals surface area contributed by atoms with Crippen molar-refractivity contribution in [2.45, 2.75) is 12.5 Å². The highest BCUT2D eigenvalue weighted by atomic mass is 19.1. The van der Waals surface area contributed by atoms with Gasteiger partial charge in [0.05, 0.1) is 11.6 Å². The van der Waals surface area contributed by atoms with E-state index in [4.69, 9.17) is 5.26 Å². The zero-order valence-electron chi connectivity index (χ0n) is 13.6. The highest BCUT2D eigenvalue weighted by Crippen LogP contribution is 2.28. The molecule has 2 aromatic rings. The normalized spacial score (nSPS) is 16.2. The van der Waals surface area contributed by atoms with E-state index >= 15 is 0 Å². The Morgan fingerprint density at radius 1 is 1.15 bits per heavy atom. The first-order valence-corrected chi connectivity index (χ1v) is 7.93. The van der Waals surface area contributed by atoms with Gasteiger partial charge in [0.1, 0.15) is 11.5 Å². The lowest BCUT2D eigenvalue weighted by Crippen LogP contribution is -2.39. The van der Waals surface area contributed by atoms with Gasteiger partial charge in [0.2, 0.25) is 0 Å². The summed E-state index contributed by atoms with van der Waals surface area (Å²) in [7, 11) is 0. The fraction of sp³-hybridized carbons (Fsp3) is 0.222. The Hall–Kier alpha value is -3.21. The summed E-state index contributed by atoms with van der Waals surface area (Å²) in [5.41, 5.74) is 0.145. The van der Waals surface area contributed by atoms with E-state index in [0.717, 1.165) is 12.1 Å². The molecular formula is C18H15F3N4O. The van der Waals surface area contributed by atoms with Crippen LogP contribution in [0.4, 0.5) is 29.3 Å². The summed E-state index contributed by atoms with van der Waals surface area (Å²) in [4.78, 5) is 13.5. The smallest absolute Gasteiger partial charge is 0.319 e. The van der Waals surface area contributed by atoms with Gasteiger partial charge >= 0.3 is 6.03 Å². The first-order valence-electron chi connectivity index (χ1n) is 7.93. The number of anilines is 2. The van der Waals surface area contributed by atoms with Crippen LogP contribution < -0.4 is 15.5 Å². The van der Waals surface area contributed by atoms with E-state index in [-0.39, 0.29) is 23.8 Å². The summed E-state index contributed by atoms with van der Waals surface area (Å²) >= 11 is 0. The van der Waals surface area contributed by atoms with Crippen LogP contribution in [0, 0.1) is 28.8 Å². The number of hydrogen-bond donors (Lipinski definition) is 2. The molecule has 0 spiro atoms. The molecule has 3 rings (SSSR count). The van der Waals surface area contributed by atoms with Gasteiger partial charge in [-0.2, -0.15) is 5.26 Å². The lowest BCUT2D eigenvalue weighted by atomic mass is 10.2. The monoisotopic (exact) mass is 360 g/mol. The molecule has 1 aliphatic heterocycles. The standard InChI is InChI=1S/C18H15F3N4O/c19-12-1-3-13(4-2-12)23-18(26)24-14-5-6-25(10-14)17-15(20)7-11(9-22)8-16(17)21/h1-4,7-8,14H,5-6,10H2,(H2,23,24,26). The average molecular weight is 360 g/mol. The van der Waals surface area contributed by atoms with E-state index in [1.54, 1.807) is 6.07 Å². The number of carbonyl (C=O) groups excluding carboxylic acids is 1. The van der Waals surface area contributed by atoms with E-state index in [2.05, 4.69) is 10.6 Å². The molecule has 0 saturated carbocycles. The van der Waals surface area contributed by atoms with Gasteiger partial charge in [-0.25, -0.2) is 18.0 Å². The van der Waals surface area contributed by atoms with Crippen LogP contribution in [0.1, 0.15) is 12.0 Å². The molecule has 134 valence electrons. The van der Waals surface area contributed by atoms with Crippen LogP contribution in [0.25, 0.3) is 0 Å². The molecule has 1 saturated heterocycles. The molecule has 8 heteroatoms. The molecule has 0 radical (unpaired) electrons. The average Bonchev–Trinajstić information content (AvgIpc) is 3.04. The van der Waals surface area contributed by atoms with Crippen molar-refractivity contribution in [2.24, 2.45) is 0 Å². The van der Waals surface area contributed by atoms with Crippen molar-refractivity contribution in [2.75, 3.05) is 23.3 Å². The Labute approximate surface area is 148 Å². The number of amides is 2. The van der Waals surface area contributed by atoms with E-state index in [9.17, 15) is 18.0 Å². The molecule has 26 heavy (non-hydrogen) atoms. The lowest BCUT2D eigenvalue weighted by molar-refractivity contribution is 0.249. The Bertz CT molecular complexity index is 841. The number of benzene rings is 2. The highest BCUT2D eigenvalue weighted by molar-refractivity contribution is 5.89. The summed E-state index contributed by atoms with van der Waals surface area (Å²) in [6.07, 6.45) is 0.510. The quantitative estimate of drug-likeness (QED) is 0.882. The third kappa shape index (κ3) is 3.88. The minimum atomic E-state index is -0.807. The molecule has 2 aromatic carbocycles. The van der Waals surface area contributed by atoms with Crippen molar-refractivity contribution >= 4 is 17.4 Å². The molecular weight excluding hydrogens is 345 g/mol. The number of nitriles is 1. The fourth-order valence-electron chi connectivity index (χ4n) is 2.90. The summed E-state index contributed by atoms with van der Waals surface area (Å²) in [5.74, 6) is -2.02. The lowest BCUT2D eigenvalue weighted by Gasteiger charge is -2.20. The number of hydrogen-bond acceptors (Lipinski definition) is 3. The van der Waals surface area contributed by atoms with Crippen molar-refractivity contribution in [3.63, 3.8) is 0 Å². The highest BCUT2D eigenvalue weighted by Gasteiger charge is 2.28. The van der Waals surface area contributed by atoms with Crippen LogP contribution in [0.3, 0.4) is 0 Å². The molecule has 5 nitrogen and oxygen atoms in total. The molecule has 0 aromatic heterocycles. The van der Waals surface area contributed by atoms with Crippen LogP contribution in [0.5, 0.6) is 0 Å². The summed E-state index contributed by atoms with van der Waals surface area (Å²) in [5, 5.41) is 14.0. The maximum Gasteiger partial charge on any atom is 0.319 e. The Balaban J connectivity index is 1.61. The number of rotatable bonds is 3. The minimum Gasteiger partial charge on any atom is -0.365 e. The number of urea groups is 1. The van der Waals surface area contributed by atoms with Crippen molar-refractivity contribution in [1.82, 2.24) is 5.32 Å². The third-order valence-electron chi connectivity index (χ3n) is 4.09. The zero-order valence-corrected chi connectivity index (χ0v) is 13.6. The second-order valence-electron chi connectivity index (χ2n) is 5.94. The fourth-order valence-corrected chi connectivity index (χ4v) is 2.90. The van der Waals surface area contributed by atoms with Gasteiger partial charge in [0, 0.05) is 24.8 Å². The number of nitrogens with one attached hydrogen (secondary N) is 2. The number of nitrogens with zero attached hydrogens (tertiary/aromatic N) is 2. The molecule has 1 unspecified atom stereocenters. The molecule has 1 heterocycles. The van der Waals surface area contributed by atoms with Crippen molar-refractivity contribution in [3.8, 4) is 6.07 Å². The number of carbonyl (C=O) groups is 1. The van der Waals surface area contributed by atoms with Crippen molar-refractivity contribution in [3.05, 3.63) is 59.4 Å². The van der Waals surface area contributed by atoms with Gasteiger partial charge in [-0.3, -0.25) is 0 Å². The van der Waals surface area contributed by atoms with Gasteiger partial charge in [0.25, 0.3) is 0 Å². The predicted octanol–water partition coefficient (Wildman–Crippen LogP) is 3.38. The Morgan fingerprint density at radius 3 is 2.42 bits per heavy atom. The first kappa shape index (κ1) is 17.6. The van der Waals surface area contributed by atoms with E-state index in [1.807, 2.05) is 0 Å². The minimum absolute atomic E-state index is 0.0868. The maximum atomic E-state index is 14.1. The Kier molecular flexibility index (Phi) is 4.98. The Morgan fingerprint density at radius 2 is 1.81 bits per heavy atom. The zero-order chi connectivity index (χ0) is 18.7. The van der Waals surface area contributed by atoms with Gasteiger partial charge in [-0.05, 0) is 42.8 Å². The molecule has 1 atom stereocenters. The van der Waals surface area contributed by atoms with Gasteiger partial charge in [-0.15, -0.1) is 0 Å². The van der Waals surface area contributed by atoms with Crippen LogP contribution in [-0.4, -0.2) is 25.2 Å². The van der Waals surface area contributed by atoms with Crippen molar-refractivity contribution in [1.29, 1.82) is 5.26 Å². The van der Waals surface area contributed by atoms with Crippen LogP contribution >= 0.6 is 0 Å². The second-order valence-corrected chi connectivity index (χ2v) is 5.94. The molecule has 2 N–H and O–H groups in total. The van der Waals surface area contributed by atoms with Gasteiger partial charge in [-0.1, -0.05) is 0 Å². The summed E-state index contributed by atoms with van der Waals surface area (Å²) < 4.78 is 41.0. The molecule has 1 fully saturated rings. The van der Waals surface area contributed by atoms with Crippen molar-refractivity contribution < 1.29 is 18.0 Å². The van der Waals surface area contributed by atoms with E-state index in [0.29, 0.717) is 18.7 Å². The van der Waals surface area contributed by atoms with Gasteiger partial charge < -0.3 is 15.5 Å². The summed E-state index contributed by atoms with van der Waals surface area (Å²) in [6, 6.07) is 8.20. The second kappa shape index (κ2) is 7.35. The predicted molar refractivity (Wildman–Crippen MR) is 90.2 cm³/mol. The van der Waals surface area contributed by atoms with Gasteiger partial charge in [0.15, 0.2) is 11.6 Å². The number of halogens is 3. The SMILES string of the molecule is N#Cc1cc(F)c(N2CCC(NC(=O)Nc3ccc(F)cc3)C2)c(F)c1. The first-order chi connectivity index (χ1) is 12.5. The molecule has 2 amide bonds.